The lowest BCUT2D eigenvalue weighted by atomic mass is 9.75. The number of benzene rings is 1. The van der Waals surface area contributed by atoms with E-state index in [1.54, 1.807) is 24.3 Å². The van der Waals surface area contributed by atoms with Crippen LogP contribution in [0.1, 0.15) is 50.4 Å². The van der Waals surface area contributed by atoms with E-state index in [0.717, 1.165) is 12.8 Å². The number of hydrogen-bond acceptors (Lipinski definition) is 3. The van der Waals surface area contributed by atoms with Gasteiger partial charge in [0.05, 0.1) is 5.56 Å². The minimum absolute atomic E-state index is 0.0349. The average molecular weight is 275 g/mol. The molecule has 3 heteroatoms. The molecule has 110 valence electrons. The Labute approximate surface area is 121 Å². The molecule has 2 N–H and O–H groups in total. The topological polar surface area (TPSA) is 52.3 Å². The number of nitrogen functional groups attached to an aromatic ring is 1. The average Bonchev–Trinajstić information content (AvgIpc) is 2.38. The number of carbonyl (C=O) groups excluding carboxylic acids is 1. The Kier molecular flexibility index (Phi) is 4.69. The molecule has 0 aromatic heterocycles. The van der Waals surface area contributed by atoms with Crippen LogP contribution < -0.4 is 5.73 Å². The van der Waals surface area contributed by atoms with Crippen LogP contribution in [0.25, 0.3) is 0 Å². The summed E-state index contributed by atoms with van der Waals surface area (Å²) in [6.45, 7) is 6.65. The highest BCUT2D eigenvalue weighted by molar-refractivity contribution is 5.90. The summed E-state index contributed by atoms with van der Waals surface area (Å²) >= 11 is 0. The molecule has 2 rings (SSSR count). The Balaban J connectivity index is 2.08. The first-order valence-electron chi connectivity index (χ1n) is 7.54. The van der Waals surface area contributed by atoms with Crippen LogP contribution in [0.2, 0.25) is 0 Å². The quantitative estimate of drug-likeness (QED) is 0.672. The largest absolute Gasteiger partial charge is 0.458 e. The third-order valence-electron chi connectivity index (χ3n) is 4.34. The zero-order chi connectivity index (χ0) is 14.7. The molecule has 0 spiro atoms. The minimum atomic E-state index is -0.248. The van der Waals surface area contributed by atoms with E-state index >= 15 is 0 Å². The van der Waals surface area contributed by atoms with Crippen LogP contribution in [0.3, 0.4) is 0 Å². The van der Waals surface area contributed by atoms with E-state index in [1.165, 1.54) is 6.42 Å². The summed E-state index contributed by atoms with van der Waals surface area (Å²) in [5.74, 6) is 1.39. The van der Waals surface area contributed by atoms with Gasteiger partial charge in [0.15, 0.2) is 0 Å². The summed E-state index contributed by atoms with van der Waals surface area (Å²) in [5.41, 5.74) is 6.86. The number of hydrogen-bond donors (Lipinski definition) is 1. The first-order chi connectivity index (χ1) is 9.47. The first-order valence-corrected chi connectivity index (χ1v) is 7.54. The van der Waals surface area contributed by atoms with Crippen molar-refractivity contribution >= 4 is 11.7 Å². The molecule has 1 aromatic rings. The third kappa shape index (κ3) is 3.53. The molecule has 0 radical (unpaired) electrons. The first kappa shape index (κ1) is 14.9. The van der Waals surface area contributed by atoms with E-state index < -0.39 is 0 Å². The van der Waals surface area contributed by atoms with E-state index in [0.29, 0.717) is 29.0 Å². The SMILES string of the molecule is CC1CCC(C(C)C)C(OC(=O)c2cccc(N)c2)C1. The number of ether oxygens (including phenoxy) is 1. The van der Waals surface area contributed by atoms with Crippen molar-refractivity contribution in [3.05, 3.63) is 29.8 Å². The van der Waals surface area contributed by atoms with Gasteiger partial charge in [0.1, 0.15) is 6.10 Å². The van der Waals surface area contributed by atoms with E-state index in [-0.39, 0.29) is 12.1 Å². The highest BCUT2D eigenvalue weighted by Crippen LogP contribution is 2.35. The lowest BCUT2D eigenvalue weighted by Gasteiger charge is -2.36. The van der Waals surface area contributed by atoms with Crippen molar-refractivity contribution < 1.29 is 9.53 Å². The summed E-state index contributed by atoms with van der Waals surface area (Å²) < 4.78 is 5.78. The number of carbonyl (C=O) groups is 1. The molecule has 1 aromatic carbocycles. The molecule has 0 bridgehead atoms. The zero-order valence-electron chi connectivity index (χ0n) is 12.6. The fourth-order valence-corrected chi connectivity index (χ4v) is 3.12. The maximum Gasteiger partial charge on any atom is 0.338 e. The standard InChI is InChI=1S/C17H25NO2/c1-11(2)15-8-7-12(3)9-16(15)20-17(19)13-5-4-6-14(18)10-13/h4-6,10-12,15-16H,7-9,18H2,1-3H3. The van der Waals surface area contributed by atoms with E-state index in [9.17, 15) is 4.79 Å². The van der Waals surface area contributed by atoms with Gasteiger partial charge in [0.25, 0.3) is 0 Å². The van der Waals surface area contributed by atoms with Gasteiger partial charge in [-0.1, -0.05) is 33.3 Å². The van der Waals surface area contributed by atoms with Crippen molar-refractivity contribution in [3.8, 4) is 0 Å². The monoisotopic (exact) mass is 275 g/mol. The van der Waals surface area contributed by atoms with Gasteiger partial charge in [-0.15, -0.1) is 0 Å². The molecule has 0 amide bonds. The Morgan fingerprint density at radius 1 is 1.35 bits per heavy atom. The summed E-state index contributed by atoms with van der Waals surface area (Å²) in [6, 6.07) is 7.00. The Bertz CT molecular complexity index is 470. The smallest absolute Gasteiger partial charge is 0.338 e. The predicted molar refractivity (Wildman–Crippen MR) is 81.4 cm³/mol. The van der Waals surface area contributed by atoms with Gasteiger partial charge < -0.3 is 10.5 Å². The van der Waals surface area contributed by atoms with Crippen LogP contribution in [0.15, 0.2) is 24.3 Å². The molecule has 3 unspecified atom stereocenters. The lowest BCUT2D eigenvalue weighted by Crippen LogP contribution is -2.35. The fraction of sp³-hybridized carbons (Fsp3) is 0.588. The van der Waals surface area contributed by atoms with Crippen LogP contribution in [0.5, 0.6) is 0 Å². The Morgan fingerprint density at radius 2 is 2.10 bits per heavy atom. The molecule has 1 fully saturated rings. The van der Waals surface area contributed by atoms with Crippen LogP contribution in [0.4, 0.5) is 5.69 Å². The summed E-state index contributed by atoms with van der Waals surface area (Å²) in [4.78, 5) is 12.3. The van der Waals surface area contributed by atoms with Gasteiger partial charge in [0.2, 0.25) is 0 Å². The molecule has 1 aliphatic rings. The summed E-state index contributed by atoms with van der Waals surface area (Å²) in [6.07, 6.45) is 3.38. The maximum absolute atomic E-state index is 12.3. The second kappa shape index (κ2) is 6.29. The number of rotatable bonds is 3. The van der Waals surface area contributed by atoms with E-state index in [2.05, 4.69) is 20.8 Å². The zero-order valence-corrected chi connectivity index (χ0v) is 12.6. The molecule has 1 aliphatic carbocycles. The predicted octanol–water partition coefficient (Wildman–Crippen LogP) is 3.89. The van der Waals surface area contributed by atoms with Crippen LogP contribution >= 0.6 is 0 Å². The Morgan fingerprint density at radius 3 is 2.75 bits per heavy atom. The van der Waals surface area contributed by atoms with Crippen LogP contribution in [0, 0.1) is 17.8 Å². The second-order valence-corrected chi connectivity index (χ2v) is 6.40. The van der Waals surface area contributed by atoms with E-state index in [4.69, 9.17) is 10.5 Å². The van der Waals surface area contributed by atoms with E-state index in [1.807, 2.05) is 0 Å². The number of nitrogens with two attached hydrogens (primary N) is 1. The van der Waals surface area contributed by atoms with Gasteiger partial charge >= 0.3 is 5.97 Å². The van der Waals surface area contributed by atoms with Crippen LogP contribution in [-0.2, 0) is 4.74 Å². The Hall–Kier alpha value is -1.51. The number of anilines is 1. The summed E-state index contributed by atoms with van der Waals surface area (Å²) in [7, 11) is 0. The molecule has 20 heavy (non-hydrogen) atoms. The second-order valence-electron chi connectivity index (χ2n) is 6.40. The maximum atomic E-state index is 12.3. The molecule has 0 heterocycles. The fourth-order valence-electron chi connectivity index (χ4n) is 3.12. The van der Waals surface area contributed by atoms with Gasteiger partial charge in [-0.2, -0.15) is 0 Å². The number of esters is 1. The van der Waals surface area contributed by atoms with Gasteiger partial charge in [0, 0.05) is 5.69 Å². The van der Waals surface area contributed by atoms with Crippen molar-refractivity contribution in [1.82, 2.24) is 0 Å². The van der Waals surface area contributed by atoms with Crippen molar-refractivity contribution in [2.45, 2.75) is 46.1 Å². The van der Waals surface area contributed by atoms with Crippen LogP contribution in [-0.4, -0.2) is 12.1 Å². The molecular weight excluding hydrogens is 250 g/mol. The highest BCUT2D eigenvalue weighted by atomic mass is 16.5. The van der Waals surface area contributed by atoms with Crippen molar-refractivity contribution in [2.75, 3.05) is 5.73 Å². The van der Waals surface area contributed by atoms with Gasteiger partial charge in [-0.05, 0) is 48.8 Å². The lowest BCUT2D eigenvalue weighted by molar-refractivity contribution is -0.0174. The molecule has 0 saturated heterocycles. The third-order valence-corrected chi connectivity index (χ3v) is 4.34. The molecule has 3 atom stereocenters. The van der Waals surface area contributed by atoms with Crippen molar-refractivity contribution in [2.24, 2.45) is 17.8 Å². The van der Waals surface area contributed by atoms with Crippen molar-refractivity contribution in [3.63, 3.8) is 0 Å². The normalized spacial score (nSPS) is 26.5. The van der Waals surface area contributed by atoms with Gasteiger partial charge in [-0.3, -0.25) is 0 Å². The summed E-state index contributed by atoms with van der Waals surface area (Å²) in [5, 5.41) is 0. The highest BCUT2D eigenvalue weighted by Gasteiger charge is 2.33. The van der Waals surface area contributed by atoms with Crippen molar-refractivity contribution in [1.29, 1.82) is 0 Å². The van der Waals surface area contributed by atoms with Gasteiger partial charge in [-0.25, -0.2) is 4.79 Å². The minimum Gasteiger partial charge on any atom is -0.458 e. The molecule has 1 saturated carbocycles. The molecule has 3 nitrogen and oxygen atoms in total. The molecular formula is C17H25NO2. The molecule has 0 aliphatic heterocycles.